The van der Waals surface area contributed by atoms with Gasteiger partial charge in [0.15, 0.2) is 17.4 Å². The van der Waals surface area contributed by atoms with Crippen molar-refractivity contribution >= 4 is 0 Å². The van der Waals surface area contributed by atoms with Crippen molar-refractivity contribution in [3.63, 3.8) is 0 Å². The standard InChI is InChI=1S/C18H30F2O.C2H6/c1-7-9-12-21-16(6)18(20)17(19)15(5)14(4)11-10-13(3)8-2;1-2/h13-14H,5-12H2,1-4H3;1-2H3/b18-17-;. The van der Waals surface area contributed by atoms with Crippen LogP contribution in [0.1, 0.15) is 73.6 Å². The van der Waals surface area contributed by atoms with E-state index in [9.17, 15) is 8.78 Å². The van der Waals surface area contributed by atoms with Crippen molar-refractivity contribution in [1.82, 2.24) is 0 Å². The van der Waals surface area contributed by atoms with E-state index >= 15 is 0 Å². The number of halogens is 2. The maximum absolute atomic E-state index is 14.1. The molecule has 136 valence electrons. The fraction of sp³-hybridized carbons (Fsp3) is 0.700. The summed E-state index contributed by atoms with van der Waals surface area (Å²) in [6.07, 6.45) is 4.60. The van der Waals surface area contributed by atoms with Gasteiger partial charge in [-0.3, -0.25) is 0 Å². The fourth-order valence-electron chi connectivity index (χ4n) is 1.80. The van der Waals surface area contributed by atoms with E-state index in [1.165, 1.54) is 0 Å². The summed E-state index contributed by atoms with van der Waals surface area (Å²) in [6.45, 7) is 19.6. The molecule has 0 aliphatic heterocycles. The van der Waals surface area contributed by atoms with Crippen LogP contribution in [-0.2, 0) is 4.74 Å². The van der Waals surface area contributed by atoms with Gasteiger partial charge < -0.3 is 4.74 Å². The molecule has 0 fully saturated rings. The Balaban J connectivity index is 0. The van der Waals surface area contributed by atoms with Crippen molar-refractivity contribution in [1.29, 1.82) is 0 Å². The van der Waals surface area contributed by atoms with Gasteiger partial charge in [0.2, 0.25) is 0 Å². The Morgan fingerprint density at radius 3 is 2.04 bits per heavy atom. The van der Waals surface area contributed by atoms with Gasteiger partial charge in [-0.1, -0.05) is 74.0 Å². The van der Waals surface area contributed by atoms with Crippen LogP contribution in [0.4, 0.5) is 8.78 Å². The van der Waals surface area contributed by atoms with Crippen molar-refractivity contribution in [2.75, 3.05) is 6.61 Å². The van der Waals surface area contributed by atoms with Gasteiger partial charge in [0.05, 0.1) is 6.61 Å². The van der Waals surface area contributed by atoms with Crippen LogP contribution < -0.4 is 0 Å². The van der Waals surface area contributed by atoms with Crippen molar-refractivity contribution < 1.29 is 13.5 Å². The minimum absolute atomic E-state index is 0.0896. The van der Waals surface area contributed by atoms with Crippen molar-refractivity contribution in [2.24, 2.45) is 11.8 Å². The first kappa shape index (κ1) is 24.1. The van der Waals surface area contributed by atoms with Crippen LogP contribution in [0.3, 0.4) is 0 Å². The number of allylic oxidation sites excluding steroid dienone is 3. The first-order chi connectivity index (χ1) is 10.8. The summed E-state index contributed by atoms with van der Waals surface area (Å²) in [5.74, 6) is -1.69. The first-order valence-electron chi connectivity index (χ1n) is 8.91. The normalized spacial score (nSPS) is 14.1. The first-order valence-corrected chi connectivity index (χ1v) is 8.91. The van der Waals surface area contributed by atoms with Crippen LogP contribution in [0.25, 0.3) is 0 Å². The smallest absolute Gasteiger partial charge is 0.200 e. The highest BCUT2D eigenvalue weighted by Gasteiger charge is 2.19. The van der Waals surface area contributed by atoms with Crippen molar-refractivity contribution in [3.8, 4) is 0 Å². The molecule has 0 aliphatic carbocycles. The Morgan fingerprint density at radius 2 is 1.57 bits per heavy atom. The van der Waals surface area contributed by atoms with E-state index in [1.807, 2.05) is 27.7 Å². The zero-order valence-electron chi connectivity index (χ0n) is 16.0. The molecule has 2 unspecified atom stereocenters. The molecule has 0 aliphatic rings. The Kier molecular flexibility index (Phi) is 15.2. The molecule has 0 aromatic rings. The van der Waals surface area contributed by atoms with E-state index in [2.05, 4.69) is 27.0 Å². The van der Waals surface area contributed by atoms with Crippen LogP contribution in [0.15, 0.2) is 36.1 Å². The van der Waals surface area contributed by atoms with Gasteiger partial charge in [-0.25, -0.2) is 4.39 Å². The summed E-state index contributed by atoms with van der Waals surface area (Å²) < 4.78 is 33.1. The maximum atomic E-state index is 14.1. The van der Waals surface area contributed by atoms with E-state index in [-0.39, 0.29) is 17.3 Å². The second kappa shape index (κ2) is 14.5. The molecule has 2 atom stereocenters. The fourth-order valence-corrected chi connectivity index (χ4v) is 1.80. The predicted octanol–water partition coefficient (Wildman–Crippen LogP) is 7.51. The summed E-state index contributed by atoms with van der Waals surface area (Å²) >= 11 is 0. The molecule has 0 aromatic carbocycles. The van der Waals surface area contributed by atoms with E-state index < -0.39 is 11.7 Å². The number of rotatable bonds is 11. The molecule has 0 saturated carbocycles. The van der Waals surface area contributed by atoms with E-state index in [1.54, 1.807) is 0 Å². The molecule has 0 bridgehead atoms. The van der Waals surface area contributed by atoms with Crippen LogP contribution >= 0.6 is 0 Å². The highest BCUT2D eigenvalue weighted by atomic mass is 19.2. The minimum Gasteiger partial charge on any atom is -0.491 e. The summed E-state index contributed by atoms with van der Waals surface area (Å²) in [5, 5.41) is 0. The Hall–Kier alpha value is -1.12. The second-order valence-corrected chi connectivity index (χ2v) is 5.77. The maximum Gasteiger partial charge on any atom is 0.200 e. The lowest BCUT2D eigenvalue weighted by Crippen LogP contribution is -2.05. The average molecular weight is 331 g/mol. The highest BCUT2D eigenvalue weighted by molar-refractivity contribution is 5.33. The van der Waals surface area contributed by atoms with Gasteiger partial charge >= 0.3 is 0 Å². The molecule has 0 radical (unpaired) electrons. The number of hydrogen-bond acceptors (Lipinski definition) is 1. The molecule has 0 spiro atoms. The van der Waals surface area contributed by atoms with Gasteiger partial charge in [-0.2, -0.15) is 4.39 Å². The van der Waals surface area contributed by atoms with Gasteiger partial charge in [0, 0.05) is 0 Å². The summed E-state index contributed by atoms with van der Waals surface area (Å²) in [6, 6.07) is 0. The van der Waals surface area contributed by atoms with Gasteiger partial charge in [0.1, 0.15) is 0 Å². The molecule has 23 heavy (non-hydrogen) atoms. The molecule has 0 saturated heterocycles. The molecule has 0 rings (SSSR count). The molecular formula is C20H36F2O. The highest BCUT2D eigenvalue weighted by Crippen LogP contribution is 2.30. The monoisotopic (exact) mass is 330 g/mol. The van der Waals surface area contributed by atoms with E-state index in [0.29, 0.717) is 12.5 Å². The topological polar surface area (TPSA) is 9.23 Å². The Morgan fingerprint density at radius 1 is 1.00 bits per heavy atom. The van der Waals surface area contributed by atoms with Crippen molar-refractivity contribution in [3.05, 3.63) is 36.1 Å². The predicted molar refractivity (Wildman–Crippen MR) is 97.6 cm³/mol. The van der Waals surface area contributed by atoms with Crippen LogP contribution in [0, 0.1) is 11.8 Å². The zero-order chi connectivity index (χ0) is 18.4. The SMILES string of the molecule is C=C(OCCCC)/C(F)=C(/F)C(=C)C(C)CCC(C)CC.CC. The summed E-state index contributed by atoms with van der Waals surface area (Å²) in [4.78, 5) is 0. The largest absolute Gasteiger partial charge is 0.491 e. The third-order valence-corrected chi connectivity index (χ3v) is 3.88. The molecule has 3 heteroatoms. The third kappa shape index (κ3) is 10.3. The zero-order valence-corrected chi connectivity index (χ0v) is 16.0. The quantitative estimate of drug-likeness (QED) is 0.216. The summed E-state index contributed by atoms with van der Waals surface area (Å²) in [7, 11) is 0. The molecule has 0 aromatic heterocycles. The summed E-state index contributed by atoms with van der Waals surface area (Å²) in [5.41, 5.74) is 0.191. The van der Waals surface area contributed by atoms with Crippen molar-refractivity contribution in [2.45, 2.75) is 73.6 Å². The van der Waals surface area contributed by atoms with E-state index in [4.69, 9.17) is 4.74 Å². The molecule has 0 N–H and O–H groups in total. The lowest BCUT2D eigenvalue weighted by atomic mass is 9.91. The van der Waals surface area contributed by atoms with Crippen LogP contribution in [-0.4, -0.2) is 6.61 Å². The number of hydrogen-bond donors (Lipinski definition) is 0. The van der Waals surface area contributed by atoms with Crippen LogP contribution in [0.5, 0.6) is 0 Å². The molecule has 0 heterocycles. The van der Waals surface area contributed by atoms with E-state index in [0.717, 1.165) is 32.1 Å². The molecular weight excluding hydrogens is 294 g/mol. The Bertz CT molecular complexity index is 372. The third-order valence-electron chi connectivity index (χ3n) is 3.88. The number of ether oxygens (including phenoxy) is 1. The second-order valence-electron chi connectivity index (χ2n) is 5.77. The minimum atomic E-state index is -1.02. The average Bonchev–Trinajstić information content (AvgIpc) is 2.58. The van der Waals surface area contributed by atoms with Gasteiger partial charge in [0.25, 0.3) is 0 Å². The Labute approximate surface area is 142 Å². The molecule has 1 nitrogen and oxygen atoms in total. The lowest BCUT2D eigenvalue weighted by molar-refractivity contribution is 0.203. The molecule has 0 amide bonds. The lowest BCUT2D eigenvalue weighted by Gasteiger charge is -2.16. The number of unbranched alkanes of at least 4 members (excludes halogenated alkanes) is 1. The van der Waals surface area contributed by atoms with Gasteiger partial charge in [-0.05, 0) is 30.3 Å². The van der Waals surface area contributed by atoms with Gasteiger partial charge in [-0.15, -0.1) is 0 Å². The van der Waals surface area contributed by atoms with Crippen LogP contribution in [0.2, 0.25) is 0 Å².